The Morgan fingerprint density at radius 2 is 2.11 bits per heavy atom. The molecule has 0 aromatic rings. The number of carbonyl (C=O) groups is 2. The maximum atomic E-state index is 12.1. The summed E-state index contributed by atoms with van der Waals surface area (Å²) in [7, 11) is 0. The van der Waals surface area contributed by atoms with E-state index in [1.54, 1.807) is 4.90 Å². The second-order valence-corrected chi connectivity index (χ2v) is 6.08. The Bertz CT molecular complexity index is 314. The van der Waals surface area contributed by atoms with Crippen LogP contribution in [0.3, 0.4) is 0 Å². The molecule has 1 heterocycles. The van der Waals surface area contributed by atoms with Crippen LogP contribution >= 0.6 is 11.8 Å². The summed E-state index contributed by atoms with van der Waals surface area (Å²) in [6, 6.07) is 0.439. The van der Waals surface area contributed by atoms with Crippen molar-refractivity contribution < 1.29 is 14.7 Å². The predicted octanol–water partition coefficient (Wildman–Crippen LogP) is 1.53. The molecule has 1 atom stereocenters. The Hall–Kier alpha value is -0.910. The third-order valence-electron chi connectivity index (χ3n) is 3.30. The lowest BCUT2D eigenvalue weighted by Gasteiger charge is -2.28. The first-order valence-corrected chi connectivity index (χ1v) is 7.69. The van der Waals surface area contributed by atoms with Gasteiger partial charge in [-0.25, -0.2) is 4.79 Å². The minimum absolute atomic E-state index is 0.0311. The van der Waals surface area contributed by atoms with E-state index in [0.717, 1.165) is 31.4 Å². The van der Waals surface area contributed by atoms with Gasteiger partial charge < -0.3 is 15.3 Å². The summed E-state index contributed by atoms with van der Waals surface area (Å²) < 4.78 is 0. The summed E-state index contributed by atoms with van der Waals surface area (Å²) in [6.45, 7) is 0.325. The predicted molar refractivity (Wildman–Crippen MR) is 70.9 cm³/mol. The highest BCUT2D eigenvalue weighted by Gasteiger charge is 2.33. The maximum Gasteiger partial charge on any atom is 0.317 e. The molecule has 102 valence electrons. The molecule has 18 heavy (non-hydrogen) atoms. The largest absolute Gasteiger partial charge is 0.481 e. The van der Waals surface area contributed by atoms with E-state index in [4.69, 9.17) is 5.11 Å². The van der Waals surface area contributed by atoms with E-state index in [2.05, 4.69) is 5.32 Å². The SMILES string of the molecule is O=C(O)CCN(C(=O)NC1CCCSC1)C1CC1. The Kier molecular flexibility index (Phi) is 4.74. The Morgan fingerprint density at radius 3 is 2.67 bits per heavy atom. The highest BCUT2D eigenvalue weighted by molar-refractivity contribution is 7.99. The Morgan fingerprint density at radius 1 is 1.33 bits per heavy atom. The highest BCUT2D eigenvalue weighted by Crippen LogP contribution is 2.27. The third-order valence-corrected chi connectivity index (χ3v) is 4.52. The van der Waals surface area contributed by atoms with Crippen molar-refractivity contribution in [3.05, 3.63) is 0 Å². The molecular weight excluding hydrogens is 252 g/mol. The lowest BCUT2D eigenvalue weighted by atomic mass is 10.2. The summed E-state index contributed by atoms with van der Waals surface area (Å²) in [5.74, 6) is 1.31. The molecule has 2 rings (SSSR count). The number of carboxylic acids is 1. The average molecular weight is 272 g/mol. The van der Waals surface area contributed by atoms with Gasteiger partial charge in [0.25, 0.3) is 0 Å². The minimum atomic E-state index is -0.846. The van der Waals surface area contributed by atoms with Crippen LogP contribution in [-0.4, -0.2) is 52.1 Å². The standard InChI is InChI=1S/C12H20N2O3S/c15-11(16)5-6-14(10-3-4-10)12(17)13-9-2-1-7-18-8-9/h9-10H,1-8H2,(H,13,17)(H,15,16). The number of thioether (sulfide) groups is 1. The zero-order valence-corrected chi connectivity index (χ0v) is 11.2. The highest BCUT2D eigenvalue weighted by atomic mass is 32.2. The van der Waals surface area contributed by atoms with Gasteiger partial charge in [0.1, 0.15) is 0 Å². The van der Waals surface area contributed by atoms with E-state index in [1.807, 2.05) is 11.8 Å². The van der Waals surface area contributed by atoms with Crippen LogP contribution in [0.2, 0.25) is 0 Å². The number of nitrogens with zero attached hydrogens (tertiary/aromatic N) is 1. The zero-order chi connectivity index (χ0) is 13.0. The van der Waals surface area contributed by atoms with E-state index >= 15 is 0 Å². The molecular formula is C12H20N2O3S. The van der Waals surface area contributed by atoms with E-state index in [0.29, 0.717) is 6.54 Å². The van der Waals surface area contributed by atoms with Crippen LogP contribution in [0.25, 0.3) is 0 Å². The number of hydrogen-bond donors (Lipinski definition) is 2. The number of hydrogen-bond acceptors (Lipinski definition) is 3. The molecule has 0 aromatic carbocycles. The summed E-state index contributed by atoms with van der Waals surface area (Å²) in [5, 5.41) is 11.7. The van der Waals surface area contributed by atoms with E-state index in [1.165, 1.54) is 5.75 Å². The fourth-order valence-corrected chi connectivity index (χ4v) is 3.24. The number of aliphatic carboxylic acids is 1. The Balaban J connectivity index is 1.81. The van der Waals surface area contributed by atoms with Crippen molar-refractivity contribution in [1.82, 2.24) is 10.2 Å². The molecule has 5 nitrogen and oxygen atoms in total. The summed E-state index contributed by atoms with van der Waals surface area (Å²) in [5.41, 5.74) is 0. The van der Waals surface area contributed by atoms with Crippen LogP contribution in [-0.2, 0) is 4.79 Å². The molecule has 0 spiro atoms. The first-order valence-electron chi connectivity index (χ1n) is 6.53. The number of carbonyl (C=O) groups excluding carboxylic acids is 1. The van der Waals surface area contributed by atoms with Crippen LogP contribution in [0.15, 0.2) is 0 Å². The maximum absolute atomic E-state index is 12.1. The first-order chi connectivity index (χ1) is 8.66. The monoisotopic (exact) mass is 272 g/mol. The molecule has 2 amide bonds. The van der Waals surface area contributed by atoms with Crippen LogP contribution in [0.1, 0.15) is 32.1 Å². The molecule has 2 aliphatic rings. The van der Waals surface area contributed by atoms with Gasteiger partial charge in [-0.15, -0.1) is 0 Å². The lowest BCUT2D eigenvalue weighted by molar-refractivity contribution is -0.137. The van der Waals surface area contributed by atoms with Gasteiger partial charge in [0, 0.05) is 24.4 Å². The first kappa shape index (κ1) is 13.5. The van der Waals surface area contributed by atoms with Gasteiger partial charge in [0.15, 0.2) is 0 Å². The Labute approximate surface area is 111 Å². The van der Waals surface area contributed by atoms with Crippen molar-refractivity contribution in [3.8, 4) is 0 Å². The molecule has 1 saturated carbocycles. The third kappa shape index (κ3) is 4.08. The van der Waals surface area contributed by atoms with E-state index < -0.39 is 5.97 Å². The second kappa shape index (κ2) is 6.31. The van der Waals surface area contributed by atoms with Crippen molar-refractivity contribution in [3.63, 3.8) is 0 Å². The van der Waals surface area contributed by atoms with Gasteiger partial charge in [0.05, 0.1) is 6.42 Å². The number of rotatable bonds is 5. The average Bonchev–Trinajstić information content (AvgIpc) is 3.14. The fraction of sp³-hybridized carbons (Fsp3) is 0.833. The molecule has 1 aliphatic heterocycles. The molecule has 1 unspecified atom stereocenters. The van der Waals surface area contributed by atoms with E-state index in [-0.39, 0.29) is 24.5 Å². The van der Waals surface area contributed by atoms with Gasteiger partial charge in [-0.05, 0) is 31.4 Å². The van der Waals surface area contributed by atoms with Gasteiger partial charge in [-0.3, -0.25) is 4.79 Å². The van der Waals surface area contributed by atoms with Gasteiger partial charge >= 0.3 is 12.0 Å². The lowest BCUT2D eigenvalue weighted by Crippen LogP contribution is -2.48. The molecule has 2 fully saturated rings. The van der Waals surface area contributed by atoms with Gasteiger partial charge in [-0.1, -0.05) is 0 Å². The fourth-order valence-electron chi connectivity index (χ4n) is 2.16. The number of carboxylic acid groups (broad SMARTS) is 1. The van der Waals surface area contributed by atoms with Crippen LogP contribution < -0.4 is 5.32 Å². The molecule has 6 heteroatoms. The summed E-state index contributed by atoms with van der Waals surface area (Å²) in [6.07, 6.45) is 4.23. The molecule has 0 radical (unpaired) electrons. The smallest absolute Gasteiger partial charge is 0.317 e. The van der Waals surface area contributed by atoms with Gasteiger partial charge in [-0.2, -0.15) is 11.8 Å². The second-order valence-electron chi connectivity index (χ2n) is 4.93. The minimum Gasteiger partial charge on any atom is -0.481 e. The normalized spacial score (nSPS) is 23.4. The number of urea groups is 1. The quantitative estimate of drug-likeness (QED) is 0.796. The number of amides is 2. The van der Waals surface area contributed by atoms with Crippen LogP contribution in [0.5, 0.6) is 0 Å². The topological polar surface area (TPSA) is 69.6 Å². The van der Waals surface area contributed by atoms with Gasteiger partial charge in [0.2, 0.25) is 0 Å². The van der Waals surface area contributed by atoms with E-state index in [9.17, 15) is 9.59 Å². The van der Waals surface area contributed by atoms with Crippen molar-refractivity contribution in [2.45, 2.75) is 44.2 Å². The molecule has 0 aromatic heterocycles. The van der Waals surface area contributed by atoms with Crippen molar-refractivity contribution >= 4 is 23.8 Å². The molecule has 0 bridgehead atoms. The van der Waals surface area contributed by atoms with Crippen molar-refractivity contribution in [1.29, 1.82) is 0 Å². The molecule has 1 saturated heterocycles. The van der Waals surface area contributed by atoms with Crippen LogP contribution in [0.4, 0.5) is 4.79 Å². The molecule has 2 N–H and O–H groups in total. The van der Waals surface area contributed by atoms with Crippen molar-refractivity contribution in [2.75, 3.05) is 18.1 Å². The van der Waals surface area contributed by atoms with Crippen LogP contribution in [0, 0.1) is 0 Å². The molecule has 1 aliphatic carbocycles. The summed E-state index contributed by atoms with van der Waals surface area (Å²) in [4.78, 5) is 24.4. The zero-order valence-electron chi connectivity index (χ0n) is 10.4. The summed E-state index contributed by atoms with van der Waals surface area (Å²) >= 11 is 1.87. The van der Waals surface area contributed by atoms with Crippen molar-refractivity contribution in [2.24, 2.45) is 0 Å². The number of nitrogens with one attached hydrogen (secondary N) is 1.